The number of phenols is 1. The molecule has 0 spiro atoms. The molecule has 0 saturated heterocycles. The van der Waals surface area contributed by atoms with Crippen LogP contribution in [0, 0.1) is 0 Å². The first-order valence-electron chi connectivity index (χ1n) is 7.05. The first kappa shape index (κ1) is 15.1. The second-order valence-corrected chi connectivity index (χ2v) is 5.07. The number of phenolic OH excluding ortho intramolecular Hbond substituents is 1. The Morgan fingerprint density at radius 3 is 2.62 bits per heavy atom. The standard InChI is InChI=1S/C16H21N3O2/c1-5-17-15-9-12(10(2)3)18-16(19-15)11-6-7-13(20)14(8-11)21-4/h6-10,20H,5H2,1-4H3,(H,17,18,19). The van der Waals surface area contributed by atoms with Crippen molar-refractivity contribution in [1.82, 2.24) is 9.97 Å². The third kappa shape index (κ3) is 3.42. The summed E-state index contributed by atoms with van der Waals surface area (Å²) in [4.78, 5) is 9.12. The predicted molar refractivity (Wildman–Crippen MR) is 83.9 cm³/mol. The van der Waals surface area contributed by atoms with E-state index in [1.165, 1.54) is 7.11 Å². The maximum atomic E-state index is 9.69. The van der Waals surface area contributed by atoms with Crippen molar-refractivity contribution in [2.75, 3.05) is 19.0 Å². The molecule has 0 fully saturated rings. The second-order valence-electron chi connectivity index (χ2n) is 5.07. The first-order valence-corrected chi connectivity index (χ1v) is 7.05. The molecule has 1 aromatic carbocycles. The molecule has 0 atom stereocenters. The van der Waals surface area contributed by atoms with Gasteiger partial charge in [-0.3, -0.25) is 0 Å². The van der Waals surface area contributed by atoms with Gasteiger partial charge < -0.3 is 15.2 Å². The van der Waals surface area contributed by atoms with Crippen molar-refractivity contribution in [3.05, 3.63) is 30.0 Å². The van der Waals surface area contributed by atoms with Gasteiger partial charge in [-0.15, -0.1) is 0 Å². The van der Waals surface area contributed by atoms with Gasteiger partial charge in [-0.05, 0) is 31.0 Å². The number of rotatable bonds is 5. The fourth-order valence-electron chi connectivity index (χ4n) is 1.98. The van der Waals surface area contributed by atoms with E-state index in [0.29, 0.717) is 17.5 Å². The van der Waals surface area contributed by atoms with Crippen LogP contribution < -0.4 is 10.1 Å². The van der Waals surface area contributed by atoms with Gasteiger partial charge in [-0.25, -0.2) is 9.97 Å². The first-order chi connectivity index (χ1) is 10.0. The molecule has 0 amide bonds. The monoisotopic (exact) mass is 287 g/mol. The van der Waals surface area contributed by atoms with Gasteiger partial charge in [0.1, 0.15) is 5.82 Å². The van der Waals surface area contributed by atoms with Crippen LogP contribution in [0.1, 0.15) is 32.4 Å². The van der Waals surface area contributed by atoms with E-state index in [2.05, 4.69) is 29.1 Å². The smallest absolute Gasteiger partial charge is 0.161 e. The van der Waals surface area contributed by atoms with Gasteiger partial charge in [0.25, 0.3) is 0 Å². The number of ether oxygens (including phenoxy) is 1. The summed E-state index contributed by atoms with van der Waals surface area (Å²) in [5.41, 5.74) is 1.79. The molecular formula is C16H21N3O2. The maximum absolute atomic E-state index is 9.69. The van der Waals surface area contributed by atoms with Crippen molar-refractivity contribution < 1.29 is 9.84 Å². The second kappa shape index (κ2) is 6.43. The van der Waals surface area contributed by atoms with E-state index in [0.717, 1.165) is 23.6 Å². The fraction of sp³-hybridized carbons (Fsp3) is 0.375. The summed E-state index contributed by atoms with van der Waals surface area (Å²) < 4.78 is 5.14. The average Bonchev–Trinajstić information content (AvgIpc) is 2.47. The van der Waals surface area contributed by atoms with E-state index in [-0.39, 0.29) is 5.75 Å². The zero-order valence-electron chi connectivity index (χ0n) is 12.8. The van der Waals surface area contributed by atoms with E-state index in [9.17, 15) is 5.11 Å². The molecule has 0 aliphatic carbocycles. The lowest BCUT2D eigenvalue weighted by molar-refractivity contribution is 0.373. The molecule has 2 N–H and O–H groups in total. The van der Waals surface area contributed by atoms with Crippen LogP contribution in [-0.4, -0.2) is 28.7 Å². The molecule has 0 unspecified atom stereocenters. The minimum absolute atomic E-state index is 0.105. The number of nitrogens with zero attached hydrogens (tertiary/aromatic N) is 2. The summed E-state index contributed by atoms with van der Waals surface area (Å²) in [5.74, 6) is 2.25. The largest absolute Gasteiger partial charge is 0.504 e. The van der Waals surface area contributed by atoms with Crippen molar-refractivity contribution in [3.63, 3.8) is 0 Å². The summed E-state index contributed by atoms with van der Waals surface area (Å²) >= 11 is 0. The molecule has 2 rings (SSSR count). The number of nitrogens with one attached hydrogen (secondary N) is 1. The number of aromatic hydroxyl groups is 1. The number of hydrogen-bond acceptors (Lipinski definition) is 5. The van der Waals surface area contributed by atoms with Crippen LogP contribution in [0.4, 0.5) is 5.82 Å². The van der Waals surface area contributed by atoms with Crippen LogP contribution >= 0.6 is 0 Å². The summed E-state index contributed by atoms with van der Waals surface area (Å²) in [5, 5.41) is 12.9. The van der Waals surface area contributed by atoms with Gasteiger partial charge in [0.15, 0.2) is 17.3 Å². The Kier molecular flexibility index (Phi) is 4.62. The van der Waals surface area contributed by atoms with Crippen LogP contribution in [0.5, 0.6) is 11.5 Å². The van der Waals surface area contributed by atoms with Gasteiger partial charge in [0.05, 0.1) is 7.11 Å². The van der Waals surface area contributed by atoms with Crippen molar-refractivity contribution in [2.45, 2.75) is 26.7 Å². The van der Waals surface area contributed by atoms with Gasteiger partial charge in [0.2, 0.25) is 0 Å². The minimum atomic E-state index is 0.105. The molecule has 0 bridgehead atoms. The summed E-state index contributed by atoms with van der Waals surface area (Å²) in [6.45, 7) is 7.02. The fourth-order valence-corrected chi connectivity index (χ4v) is 1.98. The van der Waals surface area contributed by atoms with E-state index < -0.39 is 0 Å². The Balaban J connectivity index is 2.51. The molecule has 5 nitrogen and oxygen atoms in total. The van der Waals surface area contributed by atoms with Crippen LogP contribution in [0.3, 0.4) is 0 Å². The zero-order chi connectivity index (χ0) is 15.4. The Labute approximate surface area is 125 Å². The molecule has 0 saturated carbocycles. The Morgan fingerprint density at radius 2 is 2.00 bits per heavy atom. The van der Waals surface area contributed by atoms with Crippen LogP contribution in [-0.2, 0) is 0 Å². The molecule has 0 aliphatic rings. The molecule has 0 radical (unpaired) electrons. The highest BCUT2D eigenvalue weighted by Gasteiger charge is 2.11. The molecule has 112 valence electrons. The lowest BCUT2D eigenvalue weighted by atomic mass is 10.1. The number of methoxy groups -OCH3 is 1. The molecule has 2 aromatic rings. The van der Waals surface area contributed by atoms with Gasteiger partial charge in [0, 0.05) is 23.9 Å². The number of anilines is 1. The van der Waals surface area contributed by atoms with Crippen LogP contribution in [0.15, 0.2) is 24.3 Å². The van der Waals surface area contributed by atoms with E-state index in [1.54, 1.807) is 18.2 Å². The average molecular weight is 287 g/mol. The molecule has 21 heavy (non-hydrogen) atoms. The highest BCUT2D eigenvalue weighted by molar-refractivity contribution is 5.62. The summed E-state index contributed by atoms with van der Waals surface area (Å²) in [6, 6.07) is 7.08. The third-order valence-corrected chi connectivity index (χ3v) is 3.13. The Morgan fingerprint density at radius 1 is 1.24 bits per heavy atom. The minimum Gasteiger partial charge on any atom is -0.504 e. The maximum Gasteiger partial charge on any atom is 0.161 e. The van der Waals surface area contributed by atoms with Crippen molar-refractivity contribution >= 4 is 5.82 Å². The molecule has 1 heterocycles. The number of hydrogen-bond donors (Lipinski definition) is 2. The van der Waals surface area contributed by atoms with Crippen molar-refractivity contribution in [1.29, 1.82) is 0 Å². The SMILES string of the molecule is CCNc1cc(C(C)C)nc(-c2ccc(O)c(OC)c2)n1. The van der Waals surface area contributed by atoms with Crippen LogP contribution in [0.2, 0.25) is 0 Å². The van der Waals surface area contributed by atoms with E-state index >= 15 is 0 Å². The molecule has 0 aliphatic heterocycles. The Hall–Kier alpha value is -2.30. The van der Waals surface area contributed by atoms with E-state index in [1.807, 2.05) is 13.0 Å². The van der Waals surface area contributed by atoms with Gasteiger partial charge in [-0.2, -0.15) is 0 Å². The van der Waals surface area contributed by atoms with E-state index in [4.69, 9.17) is 4.74 Å². The molecule has 1 aromatic heterocycles. The Bertz CT molecular complexity index is 627. The highest BCUT2D eigenvalue weighted by atomic mass is 16.5. The van der Waals surface area contributed by atoms with Crippen LogP contribution in [0.25, 0.3) is 11.4 Å². The molecular weight excluding hydrogens is 266 g/mol. The number of benzene rings is 1. The highest BCUT2D eigenvalue weighted by Crippen LogP contribution is 2.31. The zero-order valence-corrected chi connectivity index (χ0v) is 12.8. The van der Waals surface area contributed by atoms with Crippen molar-refractivity contribution in [2.24, 2.45) is 0 Å². The summed E-state index contributed by atoms with van der Waals surface area (Å²) in [6.07, 6.45) is 0. The number of aromatic nitrogens is 2. The topological polar surface area (TPSA) is 67.3 Å². The lowest BCUT2D eigenvalue weighted by Gasteiger charge is -2.12. The normalized spacial score (nSPS) is 10.7. The quantitative estimate of drug-likeness (QED) is 0.882. The summed E-state index contributed by atoms with van der Waals surface area (Å²) in [7, 11) is 1.52. The van der Waals surface area contributed by atoms with Gasteiger partial charge >= 0.3 is 0 Å². The van der Waals surface area contributed by atoms with Crippen molar-refractivity contribution in [3.8, 4) is 22.9 Å². The third-order valence-electron chi connectivity index (χ3n) is 3.13. The predicted octanol–water partition coefficient (Wildman–Crippen LogP) is 3.41. The lowest BCUT2D eigenvalue weighted by Crippen LogP contribution is -2.05. The van der Waals surface area contributed by atoms with Gasteiger partial charge in [-0.1, -0.05) is 13.8 Å². The molecule has 5 heteroatoms.